The zero-order valence-electron chi connectivity index (χ0n) is 8.81. The maximum atomic E-state index is 6.05. The van der Waals surface area contributed by atoms with E-state index in [4.69, 9.17) is 10.2 Å². The van der Waals surface area contributed by atoms with E-state index >= 15 is 0 Å². The molecule has 0 aliphatic carbocycles. The Morgan fingerprint density at radius 3 is 2.53 bits per heavy atom. The van der Waals surface area contributed by atoms with Crippen molar-refractivity contribution in [2.24, 2.45) is 5.73 Å². The highest BCUT2D eigenvalue weighted by molar-refractivity contribution is 5.24. The van der Waals surface area contributed by atoms with Gasteiger partial charge in [0.1, 0.15) is 0 Å². The summed E-state index contributed by atoms with van der Waals surface area (Å²) < 4.78 is 5.01. The third-order valence-corrected chi connectivity index (χ3v) is 2.55. The molecule has 1 unspecified atom stereocenters. The molecule has 2 N–H and O–H groups in total. The highest BCUT2D eigenvalue weighted by Gasteiger charge is 2.07. The minimum absolute atomic E-state index is 0.0199. The molecule has 0 spiro atoms. The van der Waals surface area contributed by atoms with Crippen LogP contribution in [0, 0.1) is 6.92 Å². The molecule has 1 aromatic heterocycles. The average molecular weight is 201 g/mol. The molecule has 0 bridgehead atoms. The van der Waals surface area contributed by atoms with Crippen LogP contribution in [0.5, 0.6) is 0 Å². The van der Waals surface area contributed by atoms with E-state index in [1.807, 2.05) is 6.07 Å². The Hall–Kier alpha value is -1.54. The Morgan fingerprint density at radius 1 is 1.20 bits per heavy atom. The van der Waals surface area contributed by atoms with Gasteiger partial charge in [0.05, 0.1) is 12.5 Å². The number of benzene rings is 1. The maximum absolute atomic E-state index is 6.05. The van der Waals surface area contributed by atoms with Gasteiger partial charge in [0, 0.05) is 11.6 Å². The molecule has 15 heavy (non-hydrogen) atoms. The van der Waals surface area contributed by atoms with E-state index in [0.717, 1.165) is 12.0 Å². The van der Waals surface area contributed by atoms with Gasteiger partial charge in [0.25, 0.3) is 0 Å². The van der Waals surface area contributed by atoms with Crippen LogP contribution < -0.4 is 5.73 Å². The predicted octanol–water partition coefficient (Wildman–Crippen LogP) is 2.83. The average Bonchev–Trinajstić information content (AvgIpc) is 2.74. The molecule has 1 aromatic carbocycles. The van der Waals surface area contributed by atoms with Crippen LogP contribution >= 0.6 is 0 Å². The van der Waals surface area contributed by atoms with E-state index in [9.17, 15) is 0 Å². The summed E-state index contributed by atoms with van der Waals surface area (Å²) in [6, 6.07) is 10.4. The number of furan rings is 1. The van der Waals surface area contributed by atoms with E-state index in [1.165, 1.54) is 11.1 Å². The second kappa shape index (κ2) is 4.32. The molecule has 2 rings (SSSR count). The lowest BCUT2D eigenvalue weighted by Gasteiger charge is -2.09. The Balaban J connectivity index is 2.06. The minimum atomic E-state index is 0.0199. The molecule has 0 radical (unpaired) electrons. The molecule has 78 valence electrons. The summed E-state index contributed by atoms with van der Waals surface area (Å²) in [6.07, 6.45) is 4.21. The van der Waals surface area contributed by atoms with Crippen molar-refractivity contribution < 1.29 is 4.42 Å². The van der Waals surface area contributed by atoms with Gasteiger partial charge in [-0.2, -0.15) is 0 Å². The van der Waals surface area contributed by atoms with Crippen LogP contribution in [0.3, 0.4) is 0 Å². The summed E-state index contributed by atoms with van der Waals surface area (Å²) >= 11 is 0. The summed E-state index contributed by atoms with van der Waals surface area (Å²) in [5.41, 5.74) is 9.63. The molecule has 2 aromatic rings. The van der Waals surface area contributed by atoms with Crippen molar-refractivity contribution in [1.29, 1.82) is 0 Å². The molecule has 0 amide bonds. The van der Waals surface area contributed by atoms with Crippen molar-refractivity contribution >= 4 is 0 Å². The molecule has 0 saturated carbocycles. The lowest BCUT2D eigenvalue weighted by Crippen LogP contribution is -2.12. The van der Waals surface area contributed by atoms with Gasteiger partial charge in [-0.1, -0.05) is 29.8 Å². The lowest BCUT2D eigenvalue weighted by atomic mass is 10.0. The zero-order chi connectivity index (χ0) is 10.7. The first-order valence-electron chi connectivity index (χ1n) is 5.09. The van der Waals surface area contributed by atoms with Crippen molar-refractivity contribution in [3.05, 3.63) is 59.5 Å². The quantitative estimate of drug-likeness (QED) is 0.829. The fraction of sp³-hybridized carbons (Fsp3) is 0.231. The van der Waals surface area contributed by atoms with E-state index in [1.54, 1.807) is 12.5 Å². The molecule has 0 aliphatic heterocycles. The summed E-state index contributed by atoms with van der Waals surface area (Å²) in [5.74, 6) is 0. The van der Waals surface area contributed by atoms with Crippen molar-refractivity contribution in [3.63, 3.8) is 0 Å². The lowest BCUT2D eigenvalue weighted by molar-refractivity contribution is 0.558. The van der Waals surface area contributed by atoms with Crippen LogP contribution in [0.2, 0.25) is 0 Å². The van der Waals surface area contributed by atoms with Gasteiger partial charge in [-0.15, -0.1) is 0 Å². The maximum Gasteiger partial charge on any atom is 0.0950 e. The molecule has 2 heteroatoms. The van der Waals surface area contributed by atoms with Gasteiger partial charge in [-0.05, 0) is 25.0 Å². The van der Waals surface area contributed by atoms with Crippen LogP contribution in [0.15, 0.2) is 47.3 Å². The van der Waals surface area contributed by atoms with E-state index < -0.39 is 0 Å². The van der Waals surface area contributed by atoms with Gasteiger partial charge in [0.15, 0.2) is 0 Å². The third kappa shape index (κ3) is 2.48. The Labute approximate surface area is 89.7 Å². The summed E-state index contributed by atoms with van der Waals surface area (Å²) in [5, 5.41) is 0. The number of rotatable bonds is 3. The standard InChI is InChI=1S/C13H15NO/c1-10-2-4-11(5-3-10)8-13(14)12-6-7-15-9-12/h2-7,9,13H,8,14H2,1H3. The van der Waals surface area contributed by atoms with Crippen molar-refractivity contribution in [1.82, 2.24) is 0 Å². The number of hydrogen-bond donors (Lipinski definition) is 1. The summed E-state index contributed by atoms with van der Waals surface area (Å²) in [7, 11) is 0. The summed E-state index contributed by atoms with van der Waals surface area (Å²) in [4.78, 5) is 0. The molecule has 0 fully saturated rings. The second-order valence-electron chi connectivity index (χ2n) is 3.85. The van der Waals surface area contributed by atoms with Crippen LogP contribution in [-0.4, -0.2) is 0 Å². The first kappa shape index (κ1) is 9.99. The zero-order valence-corrected chi connectivity index (χ0v) is 8.81. The molecule has 0 aliphatic rings. The predicted molar refractivity (Wildman–Crippen MR) is 60.5 cm³/mol. The summed E-state index contributed by atoms with van der Waals surface area (Å²) in [6.45, 7) is 2.08. The molecular weight excluding hydrogens is 186 g/mol. The SMILES string of the molecule is Cc1ccc(CC(N)c2ccoc2)cc1. The van der Waals surface area contributed by atoms with Gasteiger partial charge in [-0.3, -0.25) is 0 Å². The normalized spacial score (nSPS) is 12.7. The number of hydrogen-bond acceptors (Lipinski definition) is 2. The highest BCUT2D eigenvalue weighted by atomic mass is 16.3. The topological polar surface area (TPSA) is 39.2 Å². The molecular formula is C13H15NO. The monoisotopic (exact) mass is 201 g/mol. The van der Waals surface area contributed by atoms with E-state index in [0.29, 0.717) is 0 Å². The van der Waals surface area contributed by atoms with Gasteiger partial charge >= 0.3 is 0 Å². The van der Waals surface area contributed by atoms with Crippen molar-refractivity contribution in [3.8, 4) is 0 Å². The number of aryl methyl sites for hydroxylation is 1. The van der Waals surface area contributed by atoms with Crippen LogP contribution in [0.4, 0.5) is 0 Å². The van der Waals surface area contributed by atoms with E-state index in [-0.39, 0.29) is 6.04 Å². The molecule has 2 nitrogen and oxygen atoms in total. The molecule has 1 heterocycles. The fourth-order valence-corrected chi connectivity index (χ4v) is 1.58. The van der Waals surface area contributed by atoms with Gasteiger partial charge < -0.3 is 10.2 Å². The minimum Gasteiger partial charge on any atom is -0.472 e. The smallest absolute Gasteiger partial charge is 0.0950 e. The van der Waals surface area contributed by atoms with E-state index in [2.05, 4.69) is 31.2 Å². The fourth-order valence-electron chi connectivity index (χ4n) is 1.58. The highest BCUT2D eigenvalue weighted by Crippen LogP contribution is 2.16. The molecule has 0 saturated heterocycles. The van der Waals surface area contributed by atoms with Gasteiger partial charge in [-0.25, -0.2) is 0 Å². The Bertz CT molecular complexity index is 403. The van der Waals surface area contributed by atoms with Crippen LogP contribution in [0.1, 0.15) is 22.7 Å². The van der Waals surface area contributed by atoms with Gasteiger partial charge in [0.2, 0.25) is 0 Å². The Morgan fingerprint density at radius 2 is 1.93 bits per heavy atom. The first-order chi connectivity index (χ1) is 7.25. The third-order valence-electron chi connectivity index (χ3n) is 2.55. The first-order valence-corrected chi connectivity index (χ1v) is 5.09. The number of nitrogens with two attached hydrogens (primary N) is 1. The second-order valence-corrected chi connectivity index (χ2v) is 3.85. The van der Waals surface area contributed by atoms with Crippen LogP contribution in [-0.2, 0) is 6.42 Å². The molecule has 1 atom stereocenters. The van der Waals surface area contributed by atoms with Crippen molar-refractivity contribution in [2.75, 3.05) is 0 Å². The largest absolute Gasteiger partial charge is 0.472 e. The van der Waals surface area contributed by atoms with Crippen LogP contribution in [0.25, 0.3) is 0 Å². The Kier molecular flexibility index (Phi) is 2.88. The van der Waals surface area contributed by atoms with Crippen molar-refractivity contribution in [2.45, 2.75) is 19.4 Å².